The van der Waals surface area contributed by atoms with Crippen molar-refractivity contribution < 1.29 is 17.2 Å². The van der Waals surface area contributed by atoms with Crippen molar-refractivity contribution in [1.82, 2.24) is 0 Å². The molecular weight excluding hydrogens is 384 g/mol. The number of benzene rings is 1. The molecule has 0 saturated heterocycles. The Kier molecular flexibility index (Phi) is 4.14. The maximum Gasteiger partial charge on any atom is 0.271 e. The molecule has 9 heteroatoms. The summed E-state index contributed by atoms with van der Waals surface area (Å²) in [5.74, 6) is -1.99. The topological polar surface area (TPSA) is 46.2 Å². The molecule has 1 aromatic heterocycles. The molecule has 0 radical (unpaired) electrons. The van der Waals surface area contributed by atoms with Gasteiger partial charge in [0.2, 0.25) is 0 Å². The third-order valence-electron chi connectivity index (χ3n) is 2.09. The second-order valence-corrected chi connectivity index (χ2v) is 8.08. The van der Waals surface area contributed by atoms with Gasteiger partial charge in [0.1, 0.15) is 21.5 Å². The second kappa shape index (κ2) is 5.35. The van der Waals surface area contributed by atoms with E-state index in [1.165, 1.54) is 6.07 Å². The quantitative estimate of drug-likeness (QED) is 0.855. The minimum Gasteiger partial charge on any atom is -0.273 e. The summed E-state index contributed by atoms with van der Waals surface area (Å²) >= 11 is 9.63. The van der Waals surface area contributed by atoms with Crippen molar-refractivity contribution in [2.75, 3.05) is 4.72 Å². The van der Waals surface area contributed by atoms with E-state index in [2.05, 4.69) is 15.9 Å². The predicted octanol–water partition coefficient (Wildman–Crippen LogP) is 4.24. The molecule has 0 bridgehead atoms. The minimum atomic E-state index is -4.09. The van der Waals surface area contributed by atoms with E-state index in [1.54, 1.807) is 0 Å². The predicted molar refractivity (Wildman–Crippen MR) is 74.2 cm³/mol. The lowest BCUT2D eigenvalue weighted by molar-refractivity contribution is 0.583. The van der Waals surface area contributed by atoms with Crippen LogP contribution in [0, 0.1) is 11.6 Å². The molecule has 0 spiro atoms. The van der Waals surface area contributed by atoms with Gasteiger partial charge in [0, 0.05) is 0 Å². The van der Waals surface area contributed by atoms with Gasteiger partial charge in [-0.1, -0.05) is 17.7 Å². The number of nitrogens with one attached hydrogen (secondary N) is 1. The van der Waals surface area contributed by atoms with Crippen LogP contribution >= 0.6 is 38.9 Å². The Morgan fingerprint density at radius 2 is 1.84 bits per heavy atom. The monoisotopic (exact) mass is 387 g/mol. The van der Waals surface area contributed by atoms with E-state index in [9.17, 15) is 17.2 Å². The largest absolute Gasteiger partial charge is 0.273 e. The molecule has 1 aromatic carbocycles. The van der Waals surface area contributed by atoms with Gasteiger partial charge in [-0.3, -0.25) is 4.72 Å². The lowest BCUT2D eigenvalue weighted by Crippen LogP contribution is -2.13. The summed E-state index contributed by atoms with van der Waals surface area (Å²) in [6.07, 6.45) is 0. The van der Waals surface area contributed by atoms with E-state index in [1.807, 2.05) is 4.72 Å². The molecule has 0 atom stereocenters. The number of halogens is 4. The molecule has 0 aliphatic heterocycles. The summed E-state index contributed by atoms with van der Waals surface area (Å²) in [6.45, 7) is 0. The fourth-order valence-corrected chi connectivity index (χ4v) is 4.71. The lowest BCUT2D eigenvalue weighted by Gasteiger charge is -2.07. The maximum atomic E-state index is 13.4. The Hall–Kier alpha value is -0.700. The van der Waals surface area contributed by atoms with Crippen LogP contribution in [-0.4, -0.2) is 8.42 Å². The van der Waals surface area contributed by atoms with E-state index in [0.29, 0.717) is 3.79 Å². The first-order chi connectivity index (χ1) is 8.81. The maximum absolute atomic E-state index is 13.4. The number of hydrogen-bond acceptors (Lipinski definition) is 3. The van der Waals surface area contributed by atoms with Crippen LogP contribution in [0.15, 0.2) is 32.3 Å². The first-order valence-electron chi connectivity index (χ1n) is 4.73. The zero-order chi connectivity index (χ0) is 14.2. The van der Waals surface area contributed by atoms with Crippen molar-refractivity contribution in [1.29, 1.82) is 0 Å². The second-order valence-electron chi connectivity index (χ2n) is 3.39. The third-order valence-corrected chi connectivity index (χ3v) is 6.38. The third kappa shape index (κ3) is 3.07. The molecule has 0 saturated carbocycles. The van der Waals surface area contributed by atoms with E-state index in [4.69, 9.17) is 11.6 Å². The Morgan fingerprint density at radius 3 is 2.32 bits per heavy atom. The van der Waals surface area contributed by atoms with Gasteiger partial charge in [0.15, 0.2) is 0 Å². The van der Waals surface area contributed by atoms with Gasteiger partial charge in [-0.15, -0.1) is 11.3 Å². The number of para-hydroxylation sites is 1. The zero-order valence-electron chi connectivity index (χ0n) is 8.95. The zero-order valence-corrected chi connectivity index (χ0v) is 12.9. The van der Waals surface area contributed by atoms with Crippen LogP contribution in [0.3, 0.4) is 0 Å². The average Bonchev–Trinajstić information content (AvgIpc) is 2.66. The standard InChI is InChI=1S/C10H5BrClF2NO2S2/c11-10-5(12)4-8(18-10)19(16,17)15-9-6(13)2-1-3-7(9)14/h1-4,15H. The molecule has 0 fully saturated rings. The van der Waals surface area contributed by atoms with Crippen molar-refractivity contribution >= 4 is 54.6 Å². The summed E-state index contributed by atoms with van der Waals surface area (Å²) in [4.78, 5) is 0. The van der Waals surface area contributed by atoms with E-state index in [-0.39, 0.29) is 9.23 Å². The molecule has 1 heterocycles. The van der Waals surface area contributed by atoms with E-state index in [0.717, 1.165) is 29.5 Å². The molecule has 1 N–H and O–H groups in total. The molecule has 3 nitrogen and oxygen atoms in total. The van der Waals surface area contributed by atoms with E-state index < -0.39 is 27.3 Å². The van der Waals surface area contributed by atoms with Crippen LogP contribution in [0.25, 0.3) is 0 Å². The molecule has 0 unspecified atom stereocenters. The van der Waals surface area contributed by atoms with Crippen LogP contribution in [0.1, 0.15) is 0 Å². The van der Waals surface area contributed by atoms with Crippen LogP contribution in [-0.2, 0) is 10.0 Å². The molecular formula is C10H5BrClF2NO2S2. The first-order valence-corrected chi connectivity index (χ1v) is 8.20. The lowest BCUT2D eigenvalue weighted by atomic mass is 10.3. The highest BCUT2D eigenvalue weighted by Crippen LogP contribution is 2.35. The smallest absolute Gasteiger partial charge is 0.271 e. The molecule has 2 rings (SSSR count). The summed E-state index contributed by atoms with van der Waals surface area (Å²) < 4.78 is 52.8. The molecule has 19 heavy (non-hydrogen) atoms. The summed E-state index contributed by atoms with van der Waals surface area (Å²) in [7, 11) is -4.09. The molecule has 2 aromatic rings. The average molecular weight is 389 g/mol. The van der Waals surface area contributed by atoms with Crippen molar-refractivity contribution in [3.63, 3.8) is 0 Å². The normalized spacial score (nSPS) is 11.6. The van der Waals surface area contributed by atoms with Gasteiger partial charge in [-0.05, 0) is 34.1 Å². The van der Waals surface area contributed by atoms with Gasteiger partial charge < -0.3 is 0 Å². The molecule has 0 aliphatic carbocycles. The van der Waals surface area contributed by atoms with Crippen LogP contribution in [0.2, 0.25) is 5.02 Å². The van der Waals surface area contributed by atoms with Gasteiger partial charge in [0.25, 0.3) is 10.0 Å². The van der Waals surface area contributed by atoms with Crippen molar-refractivity contribution in [3.05, 3.63) is 44.7 Å². The van der Waals surface area contributed by atoms with Crippen LogP contribution < -0.4 is 4.72 Å². The van der Waals surface area contributed by atoms with Crippen molar-refractivity contribution in [2.24, 2.45) is 0 Å². The Morgan fingerprint density at radius 1 is 1.26 bits per heavy atom. The Bertz CT molecular complexity index is 693. The summed E-state index contributed by atoms with van der Waals surface area (Å²) in [5, 5.41) is 0.208. The highest BCUT2D eigenvalue weighted by atomic mass is 79.9. The number of sulfonamides is 1. The molecule has 0 aliphatic rings. The fraction of sp³-hybridized carbons (Fsp3) is 0. The van der Waals surface area contributed by atoms with Gasteiger partial charge in [0.05, 0.1) is 8.81 Å². The highest BCUT2D eigenvalue weighted by molar-refractivity contribution is 9.11. The first kappa shape index (κ1) is 14.7. The van der Waals surface area contributed by atoms with Gasteiger partial charge >= 0.3 is 0 Å². The molecule has 102 valence electrons. The molecule has 0 amide bonds. The highest BCUT2D eigenvalue weighted by Gasteiger charge is 2.22. The number of anilines is 1. The van der Waals surface area contributed by atoms with Crippen LogP contribution in [0.5, 0.6) is 0 Å². The van der Waals surface area contributed by atoms with Crippen LogP contribution in [0.4, 0.5) is 14.5 Å². The summed E-state index contributed by atoms with van der Waals surface area (Å²) in [5.41, 5.74) is -0.719. The van der Waals surface area contributed by atoms with Crippen molar-refractivity contribution in [2.45, 2.75) is 4.21 Å². The number of rotatable bonds is 3. The fourth-order valence-electron chi connectivity index (χ4n) is 1.24. The number of thiophene rings is 1. The SMILES string of the molecule is O=S(=O)(Nc1c(F)cccc1F)c1cc(Cl)c(Br)s1. The minimum absolute atomic E-state index is 0.146. The Labute approximate surface area is 125 Å². The van der Waals surface area contributed by atoms with Crippen molar-refractivity contribution in [3.8, 4) is 0 Å². The Balaban J connectivity index is 2.42. The summed E-state index contributed by atoms with van der Waals surface area (Å²) in [6, 6.07) is 4.24. The van der Waals surface area contributed by atoms with Gasteiger partial charge in [-0.25, -0.2) is 17.2 Å². The van der Waals surface area contributed by atoms with Gasteiger partial charge in [-0.2, -0.15) is 0 Å². The number of hydrogen-bond donors (Lipinski definition) is 1. The van der Waals surface area contributed by atoms with E-state index >= 15 is 0 Å².